The number of anilines is 2. The van der Waals surface area contributed by atoms with E-state index >= 15 is 0 Å². The molecule has 1 heterocycles. The second-order valence-corrected chi connectivity index (χ2v) is 18.0. The number of ether oxygens (including phenoxy) is 1. The number of quaternary nitrogens is 1. The van der Waals surface area contributed by atoms with Gasteiger partial charge in [0.15, 0.2) is 0 Å². The van der Waals surface area contributed by atoms with Crippen LogP contribution in [0.15, 0.2) is 84.9 Å². The Morgan fingerprint density at radius 2 is 1.09 bits per heavy atom. The molecule has 66 heavy (non-hydrogen) atoms. The second kappa shape index (κ2) is 34.3. The lowest BCUT2D eigenvalue weighted by molar-refractivity contribution is -0.929. The van der Waals surface area contributed by atoms with Crippen molar-refractivity contribution in [3.63, 3.8) is 0 Å². The van der Waals surface area contributed by atoms with E-state index in [2.05, 4.69) is 79.1 Å². The highest BCUT2D eigenvalue weighted by atomic mass is 35.5. The Morgan fingerprint density at radius 3 is 1.42 bits per heavy atom. The summed E-state index contributed by atoms with van der Waals surface area (Å²) in [6, 6.07) is 26.6. The summed E-state index contributed by atoms with van der Waals surface area (Å²) in [6.07, 6.45) is 8.01. The third-order valence-electron chi connectivity index (χ3n) is 10.2. The van der Waals surface area contributed by atoms with Crippen LogP contribution in [0, 0.1) is 0 Å². The predicted molar refractivity (Wildman–Crippen MR) is 290 cm³/mol. The first-order valence-corrected chi connectivity index (χ1v) is 23.0. The van der Waals surface area contributed by atoms with Gasteiger partial charge in [-0.25, -0.2) is 0 Å². The molecule has 4 aromatic carbocycles. The first-order valence-electron chi connectivity index (χ1n) is 20.9. The van der Waals surface area contributed by atoms with Gasteiger partial charge in [-0.1, -0.05) is 84.5 Å². The van der Waals surface area contributed by atoms with Crippen LogP contribution in [0.4, 0.5) is 11.4 Å². The zero-order valence-electron chi connectivity index (χ0n) is 37.6. The van der Waals surface area contributed by atoms with Crippen LogP contribution >= 0.6 is 58.0 Å². The Balaban J connectivity index is 0.000000937. The fourth-order valence-electron chi connectivity index (χ4n) is 6.63. The van der Waals surface area contributed by atoms with Gasteiger partial charge in [0.05, 0.1) is 40.2 Å². The highest BCUT2D eigenvalue weighted by Crippen LogP contribution is 2.28. The molecule has 0 unspecified atom stereocenters. The van der Waals surface area contributed by atoms with Crippen molar-refractivity contribution < 1.29 is 31.2 Å². The monoisotopic (exact) mass is 997 g/mol. The van der Waals surface area contributed by atoms with Gasteiger partial charge in [0.2, 0.25) is 0 Å². The van der Waals surface area contributed by atoms with Crippen molar-refractivity contribution in [3.8, 4) is 0 Å². The number of benzene rings is 4. The quantitative estimate of drug-likeness (QED) is 0.115. The molecular formula is C44H56B9Cl6N4O3. The third-order valence-corrected chi connectivity index (χ3v) is 12.0. The maximum absolute atomic E-state index is 12.4. The average Bonchev–Trinajstić information content (AvgIpc) is 3.27. The largest absolute Gasteiger partial charge is 1.00 e. The zero-order chi connectivity index (χ0) is 47.8. The van der Waals surface area contributed by atoms with Crippen molar-refractivity contribution in [1.82, 2.24) is 4.90 Å². The van der Waals surface area contributed by atoms with Crippen LogP contribution in [0.25, 0.3) is 0 Å². The van der Waals surface area contributed by atoms with Gasteiger partial charge < -0.3 is 37.2 Å². The van der Waals surface area contributed by atoms with Gasteiger partial charge in [0.1, 0.15) is 6.54 Å². The molecule has 0 spiro atoms. The molecule has 7 nitrogen and oxygen atoms in total. The normalized spacial score (nSPS) is 13.3. The molecule has 0 atom stereocenters. The van der Waals surface area contributed by atoms with Crippen LogP contribution in [0.1, 0.15) is 84.2 Å². The summed E-state index contributed by atoms with van der Waals surface area (Å²) in [5.41, 5.74) is 4.70. The number of carbonyl (C=O) groups excluding carboxylic acids is 2. The summed E-state index contributed by atoms with van der Waals surface area (Å²) in [7, 11) is 38.7. The predicted octanol–water partition coefficient (Wildman–Crippen LogP) is 6.08. The van der Waals surface area contributed by atoms with Crippen LogP contribution in [0.2, 0.25) is 20.1 Å². The van der Waals surface area contributed by atoms with Gasteiger partial charge >= 0.3 is 0 Å². The lowest BCUT2D eigenvalue weighted by atomic mass is 8.97. The molecule has 6 rings (SSSR count). The van der Waals surface area contributed by atoms with E-state index in [1.807, 2.05) is 24.3 Å². The maximum atomic E-state index is 12.4. The number of hydrogen-bond acceptors (Lipinski definition) is 4. The number of nitrogens with one attached hydrogen (secondary N) is 2. The number of carbonyl (C=O) groups is 2. The van der Waals surface area contributed by atoms with Gasteiger partial charge in [-0.2, -0.15) is 0 Å². The van der Waals surface area contributed by atoms with Gasteiger partial charge in [0, 0.05) is 119 Å². The van der Waals surface area contributed by atoms with Gasteiger partial charge in [-0.3, -0.25) is 9.59 Å². The van der Waals surface area contributed by atoms with Crippen molar-refractivity contribution in [3.05, 3.63) is 127 Å². The minimum atomic E-state index is -0.667. The SMILES string of the molecule is C.CN(C)C1CCOCC1.C[N+](C)(Cc1ccc(NC(=O)c2ccc(Cl)c(Cl)c2)cc1)C1CCCCC1.O=C(Nc1ccc(CCl)cc1)c1ccc(Cl)c(Cl)c1.[B]B([B])[B].[B][B]B([B])[B].[Cl-]. The van der Waals surface area contributed by atoms with E-state index in [4.69, 9.17) is 86.0 Å². The summed E-state index contributed by atoms with van der Waals surface area (Å²) in [6.45, 7) is 2.90. The average molecular weight is 999 g/mol. The molecule has 1 aliphatic heterocycles. The standard InChI is InChI=1S/C22H26Cl2N2O.C14H10Cl3NO.C7H15NO.CH4.B5.B4.ClH/c1-26(2,19-6-4-3-5-7-19)15-16-8-11-18(12-9-16)25-22(27)17-10-13-20(23)21(24)14-17;15-8-9-1-4-11(5-2-9)18-14(19)10-3-6-12(16)13(17)7-10;1-8(2)7-3-5-9-6-4-7;;1-4-5(2)3;1-4(2)3;/h8-14,19H,3-7,15H2,1-2H3;1-7H,8H2,(H,18,19);7H,3-6H2,1-2H3;1H4;;;1H. The van der Waals surface area contributed by atoms with Gasteiger partial charge in [0.25, 0.3) is 11.8 Å². The molecule has 13 radical (unpaired) electrons. The molecule has 2 fully saturated rings. The van der Waals surface area contributed by atoms with Gasteiger partial charge in [-0.15, -0.1) is 11.6 Å². The van der Waals surface area contributed by atoms with Crippen molar-refractivity contribution in [2.75, 3.05) is 52.0 Å². The van der Waals surface area contributed by atoms with E-state index in [1.165, 1.54) is 63.6 Å². The van der Waals surface area contributed by atoms with Crippen LogP contribution in [0.3, 0.4) is 0 Å². The van der Waals surface area contributed by atoms with Crippen molar-refractivity contribution in [1.29, 1.82) is 0 Å². The molecule has 4 aromatic rings. The highest BCUT2D eigenvalue weighted by Gasteiger charge is 2.29. The van der Waals surface area contributed by atoms with Crippen molar-refractivity contribution >= 4 is 147 Å². The molecule has 1 saturated carbocycles. The molecule has 0 bridgehead atoms. The second-order valence-electron chi connectivity index (χ2n) is 16.1. The summed E-state index contributed by atoms with van der Waals surface area (Å²) >= 11 is 29.3. The van der Waals surface area contributed by atoms with E-state index in [0.717, 1.165) is 47.6 Å². The Kier molecular flexibility index (Phi) is 33.3. The summed E-state index contributed by atoms with van der Waals surface area (Å²) in [5.74, 6) is 0.0120. The van der Waals surface area contributed by atoms with Crippen LogP contribution in [-0.2, 0) is 17.2 Å². The maximum Gasteiger partial charge on any atom is 0.255 e. The molecule has 22 heteroatoms. The minimum Gasteiger partial charge on any atom is -1.00 e. The van der Waals surface area contributed by atoms with Crippen LogP contribution < -0.4 is 23.0 Å². The molecule has 2 N–H and O–H groups in total. The summed E-state index contributed by atoms with van der Waals surface area (Å²) in [5, 5.41) is 7.28. The van der Waals surface area contributed by atoms with Gasteiger partial charge in [-0.05, 0) is 119 Å². The lowest BCUT2D eigenvalue weighted by Gasteiger charge is -2.40. The minimum absolute atomic E-state index is 0. The van der Waals surface area contributed by atoms with E-state index in [-0.39, 0.29) is 31.6 Å². The van der Waals surface area contributed by atoms with E-state index in [0.29, 0.717) is 42.8 Å². The summed E-state index contributed by atoms with van der Waals surface area (Å²) < 4.78 is 6.25. The fourth-order valence-corrected chi connectivity index (χ4v) is 7.41. The Hall–Kier alpha value is -1.98. The first kappa shape index (κ1) is 64.0. The fraction of sp³-hybridized carbons (Fsp3) is 0.409. The van der Waals surface area contributed by atoms with E-state index in [9.17, 15) is 9.59 Å². The molecule has 2 amide bonds. The van der Waals surface area contributed by atoms with E-state index < -0.39 is 12.8 Å². The molecule has 339 valence electrons. The van der Waals surface area contributed by atoms with Crippen LogP contribution in [-0.4, -0.2) is 141 Å². The third kappa shape index (κ3) is 25.6. The smallest absolute Gasteiger partial charge is 0.255 e. The lowest BCUT2D eigenvalue weighted by Crippen LogP contribution is -3.00. The zero-order valence-corrected chi connectivity index (χ0v) is 42.1. The number of alkyl halides is 1. The Labute approximate surface area is 436 Å². The van der Waals surface area contributed by atoms with Crippen molar-refractivity contribution in [2.45, 2.75) is 76.9 Å². The number of halogens is 6. The van der Waals surface area contributed by atoms with Crippen LogP contribution in [0.5, 0.6) is 0 Å². The number of nitrogens with zero attached hydrogens (tertiary/aromatic N) is 2. The molecule has 0 aromatic heterocycles. The molecule has 1 aliphatic carbocycles. The highest BCUT2D eigenvalue weighted by molar-refractivity contribution is 7.60. The van der Waals surface area contributed by atoms with Crippen molar-refractivity contribution in [2.24, 2.45) is 0 Å². The Bertz CT molecular complexity index is 1980. The number of hydrogen-bond donors (Lipinski definition) is 2. The molecule has 1 saturated heterocycles. The summed E-state index contributed by atoms with van der Waals surface area (Å²) in [4.78, 5) is 26.7. The number of amides is 2. The Morgan fingerprint density at radius 1 is 0.697 bits per heavy atom. The number of rotatable bonds is 10. The molecular weight excluding hydrogens is 943 g/mol. The topological polar surface area (TPSA) is 70.7 Å². The molecule has 2 aliphatic rings. The van der Waals surface area contributed by atoms with E-state index in [1.54, 1.807) is 42.5 Å². The first-order chi connectivity index (χ1) is 30.3.